The molecule has 0 unspecified atom stereocenters. The van der Waals surface area contributed by atoms with Crippen LogP contribution in [0.1, 0.15) is 40.0 Å². The van der Waals surface area contributed by atoms with E-state index in [-0.39, 0.29) is 47.0 Å². The lowest BCUT2D eigenvalue weighted by atomic mass is 10.0. The van der Waals surface area contributed by atoms with Crippen molar-refractivity contribution in [2.45, 2.75) is 19.3 Å². The summed E-state index contributed by atoms with van der Waals surface area (Å²) < 4.78 is 0. The van der Waals surface area contributed by atoms with Gasteiger partial charge in [-0.2, -0.15) is 0 Å². The fourth-order valence-corrected chi connectivity index (χ4v) is 2.10. The van der Waals surface area contributed by atoms with E-state index in [1.54, 1.807) is 36.4 Å². The summed E-state index contributed by atoms with van der Waals surface area (Å²) in [5.41, 5.74) is 0.542. The average molecular weight is 284 g/mol. The topological polar surface area (TPSA) is 74.6 Å². The number of carbonyl (C=O) groups excluding carboxylic acids is 2. The summed E-state index contributed by atoms with van der Waals surface area (Å²) in [5, 5.41) is 19.2. The van der Waals surface area contributed by atoms with Crippen molar-refractivity contribution in [1.82, 2.24) is 0 Å². The van der Waals surface area contributed by atoms with Crippen LogP contribution in [0.2, 0.25) is 0 Å². The average Bonchev–Trinajstić information content (AvgIpc) is 2.48. The Morgan fingerprint density at radius 3 is 1.48 bits per heavy atom. The molecule has 0 aliphatic heterocycles. The van der Waals surface area contributed by atoms with Gasteiger partial charge in [-0.15, -0.1) is 0 Å². The Labute approximate surface area is 122 Å². The Kier molecular flexibility index (Phi) is 4.72. The molecular weight excluding hydrogens is 268 g/mol. The van der Waals surface area contributed by atoms with Crippen molar-refractivity contribution in [2.24, 2.45) is 0 Å². The highest BCUT2D eigenvalue weighted by Gasteiger charge is 2.13. The number of aromatic hydroxyl groups is 2. The first-order valence-corrected chi connectivity index (χ1v) is 6.72. The number of phenols is 2. The van der Waals surface area contributed by atoms with E-state index in [1.165, 1.54) is 12.1 Å². The molecule has 0 fully saturated rings. The minimum atomic E-state index is -0.196. The van der Waals surface area contributed by atoms with Gasteiger partial charge in [0.05, 0.1) is 11.1 Å². The van der Waals surface area contributed by atoms with E-state index >= 15 is 0 Å². The summed E-state index contributed by atoms with van der Waals surface area (Å²) >= 11 is 0. The Hall–Kier alpha value is -2.62. The van der Waals surface area contributed by atoms with Crippen LogP contribution in [0.25, 0.3) is 0 Å². The fourth-order valence-electron chi connectivity index (χ4n) is 2.10. The van der Waals surface area contributed by atoms with E-state index in [9.17, 15) is 19.8 Å². The van der Waals surface area contributed by atoms with Gasteiger partial charge in [0, 0.05) is 12.8 Å². The van der Waals surface area contributed by atoms with Crippen molar-refractivity contribution in [1.29, 1.82) is 0 Å². The molecule has 0 saturated carbocycles. The highest BCUT2D eigenvalue weighted by molar-refractivity contribution is 6.00. The van der Waals surface area contributed by atoms with Crippen LogP contribution < -0.4 is 0 Å². The first-order chi connectivity index (χ1) is 10.1. The van der Waals surface area contributed by atoms with Crippen LogP contribution in [-0.2, 0) is 0 Å². The molecule has 0 aliphatic rings. The first kappa shape index (κ1) is 14.8. The minimum Gasteiger partial charge on any atom is -0.507 e. The summed E-state index contributed by atoms with van der Waals surface area (Å²) in [6.45, 7) is 0. The number of ketones is 2. The number of hydrogen-bond acceptors (Lipinski definition) is 4. The van der Waals surface area contributed by atoms with E-state index in [0.717, 1.165) is 0 Å². The summed E-state index contributed by atoms with van der Waals surface area (Å²) in [6, 6.07) is 12.7. The predicted molar refractivity (Wildman–Crippen MR) is 78.7 cm³/mol. The molecule has 4 nitrogen and oxygen atoms in total. The maximum Gasteiger partial charge on any atom is 0.166 e. The highest BCUT2D eigenvalue weighted by Crippen LogP contribution is 2.21. The van der Waals surface area contributed by atoms with Crippen molar-refractivity contribution in [3.8, 4) is 11.5 Å². The predicted octanol–water partition coefficient (Wildman–Crippen LogP) is 3.33. The second-order valence-electron chi connectivity index (χ2n) is 4.73. The molecule has 0 aliphatic carbocycles. The van der Waals surface area contributed by atoms with Crippen LogP contribution in [0.3, 0.4) is 0 Å². The zero-order chi connectivity index (χ0) is 15.2. The maximum absolute atomic E-state index is 11.9. The first-order valence-electron chi connectivity index (χ1n) is 6.72. The number of benzene rings is 2. The molecule has 0 saturated heterocycles. The van der Waals surface area contributed by atoms with Crippen LogP contribution in [0.5, 0.6) is 11.5 Å². The van der Waals surface area contributed by atoms with Gasteiger partial charge in [-0.3, -0.25) is 9.59 Å². The van der Waals surface area contributed by atoms with Crippen LogP contribution in [0.4, 0.5) is 0 Å². The van der Waals surface area contributed by atoms with Gasteiger partial charge < -0.3 is 10.2 Å². The molecule has 2 rings (SSSR count). The summed E-state index contributed by atoms with van der Waals surface area (Å²) in [5.74, 6) is -0.486. The van der Waals surface area contributed by atoms with Crippen LogP contribution in [0.15, 0.2) is 48.5 Å². The van der Waals surface area contributed by atoms with Crippen molar-refractivity contribution in [2.75, 3.05) is 0 Å². The molecule has 2 aromatic rings. The number of hydrogen-bond donors (Lipinski definition) is 2. The zero-order valence-corrected chi connectivity index (χ0v) is 11.5. The van der Waals surface area contributed by atoms with E-state index < -0.39 is 0 Å². The fraction of sp³-hybridized carbons (Fsp3) is 0.176. The standard InChI is InChI=1S/C17H16O4/c18-14-8-3-1-6-12(14)16(20)10-5-11-17(21)13-7-2-4-9-15(13)19/h1-4,6-9,18-19H,5,10-11H2. The molecule has 0 aromatic heterocycles. The van der Waals surface area contributed by atoms with E-state index in [4.69, 9.17) is 0 Å². The molecule has 0 amide bonds. The summed E-state index contributed by atoms with van der Waals surface area (Å²) in [6.07, 6.45) is 0.730. The Bertz CT molecular complexity index is 604. The number of rotatable bonds is 6. The molecule has 2 N–H and O–H groups in total. The lowest BCUT2D eigenvalue weighted by Crippen LogP contribution is -2.03. The van der Waals surface area contributed by atoms with E-state index in [1.807, 2.05) is 0 Å². The van der Waals surface area contributed by atoms with Crippen molar-refractivity contribution in [3.05, 3.63) is 59.7 Å². The van der Waals surface area contributed by atoms with Gasteiger partial charge in [-0.05, 0) is 30.7 Å². The molecule has 4 heteroatoms. The Morgan fingerprint density at radius 1 is 0.714 bits per heavy atom. The molecule has 0 spiro atoms. The van der Waals surface area contributed by atoms with Gasteiger partial charge >= 0.3 is 0 Å². The number of Topliss-reactive ketones (excluding diaryl/α,β-unsaturated/α-hetero) is 2. The monoisotopic (exact) mass is 284 g/mol. The van der Waals surface area contributed by atoms with Gasteiger partial charge in [0.15, 0.2) is 11.6 Å². The molecule has 108 valence electrons. The lowest BCUT2D eigenvalue weighted by molar-refractivity contribution is 0.0955. The van der Waals surface area contributed by atoms with Crippen molar-refractivity contribution >= 4 is 11.6 Å². The molecule has 2 aromatic carbocycles. The lowest BCUT2D eigenvalue weighted by Gasteiger charge is -2.04. The smallest absolute Gasteiger partial charge is 0.166 e. The Morgan fingerprint density at radius 2 is 1.10 bits per heavy atom. The number of para-hydroxylation sites is 2. The van der Waals surface area contributed by atoms with Crippen LogP contribution >= 0.6 is 0 Å². The van der Waals surface area contributed by atoms with Crippen LogP contribution in [-0.4, -0.2) is 21.8 Å². The number of carbonyl (C=O) groups is 2. The van der Waals surface area contributed by atoms with E-state index in [2.05, 4.69) is 0 Å². The Balaban J connectivity index is 1.90. The van der Waals surface area contributed by atoms with Gasteiger partial charge in [-0.1, -0.05) is 24.3 Å². The third-order valence-electron chi connectivity index (χ3n) is 3.22. The van der Waals surface area contributed by atoms with Gasteiger partial charge in [0.2, 0.25) is 0 Å². The SMILES string of the molecule is O=C(CCCC(=O)c1ccccc1O)c1ccccc1O. The third kappa shape index (κ3) is 3.69. The van der Waals surface area contributed by atoms with Gasteiger partial charge in [-0.25, -0.2) is 0 Å². The molecule has 0 atom stereocenters. The van der Waals surface area contributed by atoms with Crippen molar-refractivity contribution < 1.29 is 19.8 Å². The second kappa shape index (κ2) is 6.70. The molecule has 0 heterocycles. The second-order valence-corrected chi connectivity index (χ2v) is 4.73. The maximum atomic E-state index is 11.9. The third-order valence-corrected chi connectivity index (χ3v) is 3.22. The molecule has 21 heavy (non-hydrogen) atoms. The van der Waals surface area contributed by atoms with Crippen molar-refractivity contribution in [3.63, 3.8) is 0 Å². The summed E-state index contributed by atoms with van der Waals surface area (Å²) in [4.78, 5) is 23.9. The molecule has 0 bridgehead atoms. The molecule has 0 radical (unpaired) electrons. The normalized spacial score (nSPS) is 10.3. The largest absolute Gasteiger partial charge is 0.507 e. The quantitative estimate of drug-likeness (QED) is 0.798. The van der Waals surface area contributed by atoms with Gasteiger partial charge in [0.1, 0.15) is 11.5 Å². The zero-order valence-electron chi connectivity index (χ0n) is 11.5. The minimum absolute atomic E-state index is 0.0467. The highest BCUT2D eigenvalue weighted by atomic mass is 16.3. The molecular formula is C17H16O4. The van der Waals surface area contributed by atoms with E-state index in [0.29, 0.717) is 6.42 Å². The van der Waals surface area contributed by atoms with Crippen LogP contribution in [0, 0.1) is 0 Å². The summed E-state index contributed by atoms with van der Waals surface area (Å²) in [7, 11) is 0. The number of phenolic OH excluding ortho intramolecular Hbond substituents is 2. The van der Waals surface area contributed by atoms with Gasteiger partial charge in [0.25, 0.3) is 0 Å².